The summed E-state index contributed by atoms with van der Waals surface area (Å²) in [5.41, 5.74) is 0. The zero-order valence-electron chi connectivity index (χ0n) is 13.5. The van der Waals surface area contributed by atoms with Crippen molar-refractivity contribution in [3.05, 3.63) is 0 Å². The van der Waals surface area contributed by atoms with E-state index in [4.69, 9.17) is 0 Å². The summed E-state index contributed by atoms with van der Waals surface area (Å²) in [5.74, 6) is 0.237. The summed E-state index contributed by atoms with van der Waals surface area (Å²) in [4.78, 5) is 12.4. The number of hydrazine groups is 1. The molecule has 114 valence electrons. The van der Waals surface area contributed by atoms with Gasteiger partial charge in [-0.3, -0.25) is 9.80 Å². The van der Waals surface area contributed by atoms with Crippen molar-refractivity contribution in [3.8, 4) is 0 Å². The molecule has 0 aliphatic heterocycles. The smallest absolute Gasteiger partial charge is 0.238 e. The van der Waals surface area contributed by atoms with Crippen LogP contribution in [-0.4, -0.2) is 48.1 Å². The first-order valence-electron chi connectivity index (χ1n) is 7.86. The highest BCUT2D eigenvalue weighted by molar-refractivity contribution is 5.76. The maximum Gasteiger partial charge on any atom is 0.238 e. The molecule has 0 fully saturated rings. The van der Waals surface area contributed by atoms with E-state index in [-0.39, 0.29) is 11.9 Å². The van der Waals surface area contributed by atoms with Crippen LogP contribution in [0.4, 0.5) is 0 Å². The van der Waals surface area contributed by atoms with E-state index in [9.17, 15) is 4.79 Å². The first kappa shape index (κ1) is 18.4. The average molecular weight is 271 g/mol. The first-order chi connectivity index (χ1) is 9.08. The van der Waals surface area contributed by atoms with Crippen LogP contribution in [0.1, 0.15) is 60.3 Å². The predicted octanol–water partition coefficient (Wildman–Crippen LogP) is 2.65. The summed E-state index contributed by atoms with van der Waals surface area (Å²) in [6, 6.07) is 0.233. The molecule has 0 aliphatic carbocycles. The second-order valence-electron chi connectivity index (χ2n) is 5.29. The van der Waals surface area contributed by atoms with E-state index in [0.717, 1.165) is 45.4 Å². The molecule has 0 bridgehead atoms. The Morgan fingerprint density at radius 2 is 1.58 bits per heavy atom. The lowest BCUT2D eigenvalue weighted by Gasteiger charge is -2.38. The van der Waals surface area contributed by atoms with E-state index in [1.54, 1.807) is 0 Å². The Bertz CT molecular complexity index is 225. The SMILES string of the molecule is CCCNCCC(=O)N(C(C)C)N(CCC)CCC. The molecule has 1 amide bonds. The van der Waals surface area contributed by atoms with Crippen LogP contribution in [0.2, 0.25) is 0 Å². The lowest BCUT2D eigenvalue weighted by Crippen LogP contribution is -2.51. The maximum absolute atomic E-state index is 12.4. The van der Waals surface area contributed by atoms with E-state index >= 15 is 0 Å². The molecule has 0 aromatic rings. The van der Waals surface area contributed by atoms with Gasteiger partial charge in [-0.2, -0.15) is 0 Å². The molecule has 0 atom stereocenters. The third-order valence-corrected chi connectivity index (χ3v) is 2.96. The van der Waals surface area contributed by atoms with Gasteiger partial charge < -0.3 is 5.32 Å². The lowest BCUT2D eigenvalue weighted by molar-refractivity contribution is -0.154. The second-order valence-corrected chi connectivity index (χ2v) is 5.29. The molecule has 0 unspecified atom stereocenters. The van der Waals surface area contributed by atoms with E-state index in [1.807, 2.05) is 5.01 Å². The van der Waals surface area contributed by atoms with Crippen molar-refractivity contribution in [2.45, 2.75) is 66.3 Å². The standard InChI is InChI=1S/C15H33N3O/c1-6-10-16-11-9-15(19)18(14(4)5)17(12-7-2)13-8-3/h14,16H,6-13H2,1-5H3. The minimum Gasteiger partial charge on any atom is -0.316 e. The van der Waals surface area contributed by atoms with Crippen LogP contribution < -0.4 is 5.32 Å². The zero-order valence-corrected chi connectivity index (χ0v) is 13.5. The number of carbonyl (C=O) groups is 1. The number of nitrogens with zero attached hydrogens (tertiary/aromatic N) is 2. The summed E-state index contributed by atoms with van der Waals surface area (Å²) in [5, 5.41) is 7.47. The second kappa shape index (κ2) is 11.2. The maximum atomic E-state index is 12.4. The van der Waals surface area contributed by atoms with Gasteiger partial charge in [-0.15, -0.1) is 0 Å². The van der Waals surface area contributed by atoms with Gasteiger partial charge in [0.25, 0.3) is 0 Å². The van der Waals surface area contributed by atoms with Crippen LogP contribution in [-0.2, 0) is 4.79 Å². The van der Waals surface area contributed by atoms with Crippen molar-refractivity contribution in [3.63, 3.8) is 0 Å². The molecule has 0 spiro atoms. The number of nitrogens with one attached hydrogen (secondary N) is 1. The highest BCUT2D eigenvalue weighted by atomic mass is 16.2. The fourth-order valence-corrected chi connectivity index (χ4v) is 2.23. The number of carbonyl (C=O) groups excluding carboxylic acids is 1. The summed E-state index contributed by atoms with van der Waals surface area (Å²) in [7, 11) is 0. The van der Waals surface area contributed by atoms with Crippen molar-refractivity contribution in [1.82, 2.24) is 15.3 Å². The molecule has 0 aromatic carbocycles. The third kappa shape index (κ3) is 7.53. The van der Waals surface area contributed by atoms with Crippen molar-refractivity contribution in [2.75, 3.05) is 26.2 Å². The summed E-state index contributed by atoms with van der Waals surface area (Å²) in [6.45, 7) is 14.3. The van der Waals surface area contributed by atoms with Gasteiger partial charge in [0.05, 0.1) is 0 Å². The quantitative estimate of drug-likeness (QED) is 0.463. The first-order valence-corrected chi connectivity index (χ1v) is 7.86. The van der Waals surface area contributed by atoms with E-state index < -0.39 is 0 Å². The Morgan fingerprint density at radius 1 is 1.00 bits per heavy atom. The van der Waals surface area contributed by atoms with Gasteiger partial charge in [0.15, 0.2) is 0 Å². The van der Waals surface area contributed by atoms with Crippen molar-refractivity contribution in [2.24, 2.45) is 0 Å². The average Bonchev–Trinajstić information content (AvgIpc) is 2.35. The summed E-state index contributed by atoms with van der Waals surface area (Å²) in [6.07, 6.45) is 3.84. The zero-order chi connectivity index (χ0) is 14.7. The highest BCUT2D eigenvalue weighted by Gasteiger charge is 2.22. The molecule has 0 saturated carbocycles. The predicted molar refractivity (Wildman–Crippen MR) is 81.9 cm³/mol. The third-order valence-electron chi connectivity index (χ3n) is 2.96. The number of hydrogen-bond donors (Lipinski definition) is 1. The van der Waals surface area contributed by atoms with Gasteiger partial charge in [-0.1, -0.05) is 20.8 Å². The molecule has 0 radical (unpaired) electrons. The molecular formula is C15H33N3O. The summed E-state index contributed by atoms with van der Waals surface area (Å²) >= 11 is 0. The minimum atomic E-state index is 0.233. The topological polar surface area (TPSA) is 35.6 Å². The molecule has 0 rings (SSSR count). The molecule has 0 saturated heterocycles. The molecule has 4 nitrogen and oxygen atoms in total. The molecule has 0 aliphatic rings. The van der Waals surface area contributed by atoms with Crippen molar-refractivity contribution >= 4 is 5.91 Å². The highest BCUT2D eigenvalue weighted by Crippen LogP contribution is 2.09. The van der Waals surface area contributed by atoms with Crippen LogP contribution in [0.5, 0.6) is 0 Å². The Balaban J connectivity index is 4.45. The van der Waals surface area contributed by atoms with Gasteiger partial charge in [-0.25, -0.2) is 5.01 Å². The van der Waals surface area contributed by atoms with Gasteiger partial charge in [0, 0.05) is 32.1 Å². The van der Waals surface area contributed by atoms with Crippen molar-refractivity contribution < 1.29 is 4.79 Å². The van der Waals surface area contributed by atoms with Crippen LogP contribution in [0.25, 0.3) is 0 Å². The van der Waals surface area contributed by atoms with E-state index in [2.05, 4.69) is 44.9 Å². The number of rotatable bonds is 11. The van der Waals surface area contributed by atoms with Gasteiger partial charge in [0.2, 0.25) is 5.91 Å². The van der Waals surface area contributed by atoms with Crippen LogP contribution in [0.15, 0.2) is 0 Å². The molecule has 1 N–H and O–H groups in total. The Kier molecular flexibility index (Phi) is 10.9. The number of amides is 1. The molecule has 0 heterocycles. The monoisotopic (exact) mass is 271 g/mol. The Hall–Kier alpha value is -0.610. The Labute approximate surface area is 119 Å². The van der Waals surface area contributed by atoms with Gasteiger partial charge in [-0.05, 0) is 39.7 Å². The fourth-order valence-electron chi connectivity index (χ4n) is 2.23. The van der Waals surface area contributed by atoms with Gasteiger partial charge in [0.1, 0.15) is 0 Å². The molecule has 19 heavy (non-hydrogen) atoms. The molecule has 4 heteroatoms. The van der Waals surface area contributed by atoms with Crippen LogP contribution in [0, 0.1) is 0 Å². The summed E-state index contributed by atoms with van der Waals surface area (Å²) < 4.78 is 0. The van der Waals surface area contributed by atoms with Crippen LogP contribution >= 0.6 is 0 Å². The Morgan fingerprint density at radius 3 is 2.00 bits per heavy atom. The van der Waals surface area contributed by atoms with Crippen LogP contribution in [0.3, 0.4) is 0 Å². The normalized spacial score (nSPS) is 11.3. The molecular weight excluding hydrogens is 238 g/mol. The minimum absolute atomic E-state index is 0.233. The largest absolute Gasteiger partial charge is 0.316 e. The van der Waals surface area contributed by atoms with Gasteiger partial charge >= 0.3 is 0 Å². The lowest BCUT2D eigenvalue weighted by atomic mass is 10.3. The van der Waals surface area contributed by atoms with E-state index in [0.29, 0.717) is 6.42 Å². The van der Waals surface area contributed by atoms with Crippen molar-refractivity contribution in [1.29, 1.82) is 0 Å². The number of hydrogen-bond acceptors (Lipinski definition) is 3. The van der Waals surface area contributed by atoms with E-state index in [1.165, 1.54) is 0 Å². The fraction of sp³-hybridized carbons (Fsp3) is 0.933. The molecule has 0 aromatic heterocycles.